The van der Waals surface area contributed by atoms with Crippen LogP contribution in [0.5, 0.6) is 0 Å². The minimum atomic E-state index is -0.527. The molecule has 1 amide bonds. The van der Waals surface area contributed by atoms with E-state index in [9.17, 15) is 9.90 Å². The van der Waals surface area contributed by atoms with Crippen LogP contribution in [0.2, 0.25) is 0 Å². The Morgan fingerprint density at radius 3 is 3.00 bits per heavy atom. The van der Waals surface area contributed by atoms with Crippen molar-refractivity contribution in [3.8, 4) is 0 Å². The molecule has 3 N–H and O–H groups in total. The van der Waals surface area contributed by atoms with Gasteiger partial charge in [-0.15, -0.1) is 0 Å². The second-order valence-corrected chi connectivity index (χ2v) is 2.95. The molecule has 1 rings (SSSR count). The maximum atomic E-state index is 10.6. The number of primary amides is 1. The Labute approximate surface area is 76.6 Å². The fourth-order valence-corrected chi connectivity index (χ4v) is 1.07. The Hall–Kier alpha value is -1.42. The van der Waals surface area contributed by atoms with E-state index in [-0.39, 0.29) is 6.54 Å². The van der Waals surface area contributed by atoms with E-state index in [0.717, 1.165) is 5.56 Å². The molecule has 4 nitrogen and oxygen atoms in total. The number of hydrogen-bond acceptors (Lipinski definition) is 2. The van der Waals surface area contributed by atoms with Gasteiger partial charge in [0.15, 0.2) is 12.4 Å². The highest BCUT2D eigenvalue weighted by Gasteiger charge is 2.08. The third-order valence-corrected chi connectivity index (χ3v) is 1.70. The lowest BCUT2D eigenvalue weighted by atomic mass is 10.2. The zero-order valence-corrected chi connectivity index (χ0v) is 7.47. The Kier molecular flexibility index (Phi) is 2.97. The molecule has 4 heteroatoms. The summed E-state index contributed by atoms with van der Waals surface area (Å²) in [5.41, 5.74) is 5.80. The minimum absolute atomic E-state index is 0.139. The van der Waals surface area contributed by atoms with Gasteiger partial charge in [-0.25, -0.2) is 0 Å². The second-order valence-electron chi connectivity index (χ2n) is 2.95. The molecule has 70 valence electrons. The summed E-state index contributed by atoms with van der Waals surface area (Å²) < 4.78 is 1.64. The molecule has 1 aromatic heterocycles. The summed E-state index contributed by atoms with van der Waals surface area (Å²) >= 11 is 0. The zero-order chi connectivity index (χ0) is 9.84. The van der Waals surface area contributed by atoms with Gasteiger partial charge >= 0.3 is 0 Å². The first-order chi connectivity index (χ1) is 6.09. The van der Waals surface area contributed by atoms with Crippen LogP contribution >= 0.6 is 0 Å². The SMILES string of the molecule is CC(O)c1ccc[n+](CC(N)=O)c1. The highest BCUT2D eigenvalue weighted by atomic mass is 16.3. The first kappa shape index (κ1) is 9.67. The van der Waals surface area contributed by atoms with Crippen LogP contribution < -0.4 is 10.3 Å². The third-order valence-electron chi connectivity index (χ3n) is 1.70. The number of aliphatic hydroxyl groups excluding tert-OH is 1. The molecule has 0 spiro atoms. The van der Waals surface area contributed by atoms with E-state index < -0.39 is 12.0 Å². The van der Waals surface area contributed by atoms with Gasteiger partial charge in [-0.3, -0.25) is 4.79 Å². The Morgan fingerprint density at radius 1 is 1.77 bits per heavy atom. The van der Waals surface area contributed by atoms with Gasteiger partial charge in [-0.1, -0.05) is 0 Å². The largest absolute Gasteiger partial charge is 0.388 e. The lowest BCUT2D eigenvalue weighted by Crippen LogP contribution is -2.40. The first-order valence-electron chi connectivity index (χ1n) is 4.05. The van der Waals surface area contributed by atoms with Crippen LogP contribution in [-0.2, 0) is 11.3 Å². The van der Waals surface area contributed by atoms with Crippen molar-refractivity contribution in [2.45, 2.75) is 19.6 Å². The average Bonchev–Trinajstić information content (AvgIpc) is 2.03. The minimum Gasteiger partial charge on any atom is -0.388 e. The van der Waals surface area contributed by atoms with Gasteiger partial charge in [-0.05, 0) is 13.0 Å². The quantitative estimate of drug-likeness (QED) is 0.618. The molecule has 0 bridgehead atoms. The van der Waals surface area contributed by atoms with E-state index in [0.29, 0.717) is 0 Å². The van der Waals surface area contributed by atoms with E-state index in [1.807, 2.05) is 0 Å². The number of pyridine rings is 1. The zero-order valence-electron chi connectivity index (χ0n) is 7.47. The topological polar surface area (TPSA) is 67.2 Å². The van der Waals surface area contributed by atoms with E-state index >= 15 is 0 Å². The summed E-state index contributed by atoms with van der Waals surface area (Å²) in [6.45, 7) is 1.81. The van der Waals surface area contributed by atoms with Gasteiger partial charge in [0.1, 0.15) is 0 Å². The molecule has 0 fully saturated rings. The lowest BCUT2D eigenvalue weighted by molar-refractivity contribution is -0.684. The van der Waals surface area contributed by atoms with E-state index in [1.165, 1.54) is 0 Å². The third kappa shape index (κ3) is 2.83. The number of carbonyl (C=O) groups is 1. The van der Waals surface area contributed by atoms with Gasteiger partial charge in [0.05, 0.1) is 6.10 Å². The number of carbonyl (C=O) groups excluding carboxylic acids is 1. The molecule has 0 aliphatic heterocycles. The van der Waals surface area contributed by atoms with E-state index in [2.05, 4.69) is 0 Å². The normalized spacial score (nSPS) is 12.5. The summed E-state index contributed by atoms with van der Waals surface area (Å²) in [6.07, 6.45) is 2.91. The smallest absolute Gasteiger partial charge is 0.283 e. The van der Waals surface area contributed by atoms with E-state index in [4.69, 9.17) is 5.73 Å². The van der Waals surface area contributed by atoms with Crippen molar-refractivity contribution in [2.75, 3.05) is 0 Å². The Balaban J connectivity index is 2.85. The summed E-state index contributed by atoms with van der Waals surface area (Å²) in [5, 5.41) is 9.25. The van der Waals surface area contributed by atoms with Crippen molar-refractivity contribution in [1.29, 1.82) is 0 Å². The molecular weight excluding hydrogens is 168 g/mol. The number of aromatic nitrogens is 1. The molecule has 0 radical (unpaired) electrons. The van der Waals surface area contributed by atoms with Crippen LogP contribution in [0.25, 0.3) is 0 Å². The molecule has 0 saturated heterocycles. The first-order valence-corrected chi connectivity index (χ1v) is 4.05. The fourth-order valence-electron chi connectivity index (χ4n) is 1.07. The van der Waals surface area contributed by atoms with Crippen molar-refractivity contribution >= 4 is 5.91 Å². The Morgan fingerprint density at radius 2 is 2.46 bits per heavy atom. The van der Waals surface area contributed by atoms with Crippen LogP contribution in [0.4, 0.5) is 0 Å². The monoisotopic (exact) mass is 181 g/mol. The number of nitrogens with zero attached hydrogens (tertiary/aromatic N) is 1. The lowest BCUT2D eigenvalue weighted by Gasteiger charge is -2.01. The van der Waals surface area contributed by atoms with Crippen molar-refractivity contribution in [1.82, 2.24) is 0 Å². The number of hydrogen-bond donors (Lipinski definition) is 2. The molecule has 13 heavy (non-hydrogen) atoms. The van der Waals surface area contributed by atoms with Gasteiger partial charge in [0.25, 0.3) is 5.91 Å². The average molecular weight is 181 g/mol. The summed E-state index contributed by atoms with van der Waals surface area (Å²) in [4.78, 5) is 10.6. The number of aliphatic hydroxyl groups is 1. The predicted octanol–water partition coefficient (Wildman–Crippen LogP) is -0.487. The number of rotatable bonds is 3. The molecule has 1 aromatic rings. The fraction of sp³-hybridized carbons (Fsp3) is 0.333. The van der Waals surface area contributed by atoms with Gasteiger partial charge in [0, 0.05) is 11.6 Å². The molecule has 0 aliphatic rings. The number of amides is 1. The maximum absolute atomic E-state index is 10.6. The second kappa shape index (κ2) is 4.00. The molecular formula is C9H13N2O2+. The van der Waals surface area contributed by atoms with Crippen LogP contribution in [0.1, 0.15) is 18.6 Å². The van der Waals surface area contributed by atoms with Crippen molar-refractivity contribution in [3.63, 3.8) is 0 Å². The van der Waals surface area contributed by atoms with Crippen molar-refractivity contribution < 1.29 is 14.5 Å². The predicted molar refractivity (Wildman–Crippen MR) is 46.5 cm³/mol. The van der Waals surface area contributed by atoms with Crippen molar-refractivity contribution in [2.24, 2.45) is 5.73 Å². The molecule has 1 unspecified atom stereocenters. The van der Waals surface area contributed by atoms with Crippen LogP contribution in [-0.4, -0.2) is 11.0 Å². The highest BCUT2D eigenvalue weighted by Crippen LogP contribution is 2.07. The van der Waals surface area contributed by atoms with Crippen molar-refractivity contribution in [3.05, 3.63) is 30.1 Å². The summed E-state index contributed by atoms with van der Waals surface area (Å²) in [5.74, 6) is -0.396. The summed E-state index contributed by atoms with van der Waals surface area (Å²) in [7, 11) is 0. The molecule has 0 aromatic carbocycles. The highest BCUT2D eigenvalue weighted by molar-refractivity contribution is 5.72. The molecule has 1 heterocycles. The van der Waals surface area contributed by atoms with Gasteiger partial charge < -0.3 is 10.8 Å². The standard InChI is InChI=1S/C9H12N2O2/c1-7(12)8-3-2-4-11(5-8)6-9(10)13/h2-5,7,12H,6H2,1H3,(H-,10,13)/p+1. The number of nitrogens with two attached hydrogens (primary N) is 1. The maximum Gasteiger partial charge on any atom is 0.283 e. The van der Waals surface area contributed by atoms with Crippen LogP contribution in [0, 0.1) is 0 Å². The van der Waals surface area contributed by atoms with Crippen LogP contribution in [0.3, 0.4) is 0 Å². The Bertz CT molecular complexity index is 310. The van der Waals surface area contributed by atoms with Crippen LogP contribution in [0.15, 0.2) is 24.5 Å². The van der Waals surface area contributed by atoms with Gasteiger partial charge in [0.2, 0.25) is 6.54 Å². The van der Waals surface area contributed by atoms with Gasteiger partial charge in [-0.2, -0.15) is 4.57 Å². The molecule has 1 atom stereocenters. The van der Waals surface area contributed by atoms with E-state index in [1.54, 1.807) is 36.0 Å². The molecule has 0 aliphatic carbocycles. The summed E-state index contributed by atoms with van der Waals surface area (Å²) in [6, 6.07) is 3.56. The molecule has 0 saturated carbocycles.